The zero-order valence-corrected chi connectivity index (χ0v) is 17.5. The summed E-state index contributed by atoms with van der Waals surface area (Å²) in [6.45, 7) is 12.7. The first-order valence-electron chi connectivity index (χ1n) is 9.45. The van der Waals surface area contributed by atoms with Gasteiger partial charge >= 0.3 is 0 Å². The van der Waals surface area contributed by atoms with Crippen molar-refractivity contribution in [3.05, 3.63) is 35.4 Å². The molecule has 1 heterocycles. The maximum Gasteiger partial charge on any atom is 0.251 e. The number of nitrogens with one attached hydrogen (secondary N) is 3. The summed E-state index contributed by atoms with van der Waals surface area (Å²) >= 11 is 0. The number of nitrogens with zero attached hydrogens (tertiary/aromatic N) is 1. The Kier molecular flexibility index (Phi) is 9.77. The number of hydrogen-bond donors (Lipinski definition) is 3. The van der Waals surface area contributed by atoms with Crippen molar-refractivity contribution in [1.82, 2.24) is 20.9 Å². The lowest BCUT2D eigenvalue weighted by atomic mass is 9.97. The Balaban J connectivity index is 0.00000364. The van der Waals surface area contributed by atoms with Gasteiger partial charge < -0.3 is 20.9 Å². The van der Waals surface area contributed by atoms with Crippen molar-refractivity contribution in [3.8, 4) is 0 Å². The summed E-state index contributed by atoms with van der Waals surface area (Å²) in [4.78, 5) is 26.7. The lowest BCUT2D eigenvalue weighted by Gasteiger charge is -2.27. The first kappa shape index (κ1) is 23.4. The third-order valence-corrected chi connectivity index (χ3v) is 4.33. The van der Waals surface area contributed by atoms with Crippen LogP contribution in [0.4, 0.5) is 0 Å². The van der Waals surface area contributed by atoms with Crippen molar-refractivity contribution in [2.24, 2.45) is 5.41 Å². The van der Waals surface area contributed by atoms with E-state index in [4.69, 9.17) is 0 Å². The van der Waals surface area contributed by atoms with Crippen LogP contribution >= 0.6 is 12.4 Å². The topological polar surface area (TPSA) is 73.5 Å². The largest absolute Gasteiger partial charge is 0.352 e. The highest BCUT2D eigenvalue weighted by Gasteiger charge is 2.14. The van der Waals surface area contributed by atoms with E-state index in [1.54, 1.807) is 24.3 Å². The number of halogens is 1. The molecule has 1 saturated heterocycles. The number of carbonyl (C=O) groups is 2. The van der Waals surface area contributed by atoms with E-state index in [-0.39, 0.29) is 29.6 Å². The van der Waals surface area contributed by atoms with Gasteiger partial charge in [0.05, 0.1) is 0 Å². The number of benzene rings is 1. The van der Waals surface area contributed by atoms with Gasteiger partial charge in [-0.2, -0.15) is 0 Å². The minimum atomic E-state index is -0.108. The maximum atomic E-state index is 12.2. The Morgan fingerprint density at radius 2 is 1.52 bits per heavy atom. The third-order valence-electron chi connectivity index (χ3n) is 4.33. The average Bonchev–Trinajstić information content (AvgIpc) is 2.63. The monoisotopic (exact) mass is 396 g/mol. The molecule has 0 aliphatic carbocycles. The van der Waals surface area contributed by atoms with Crippen molar-refractivity contribution < 1.29 is 9.59 Å². The summed E-state index contributed by atoms with van der Waals surface area (Å²) < 4.78 is 0. The van der Waals surface area contributed by atoms with E-state index in [0.29, 0.717) is 24.2 Å². The molecule has 27 heavy (non-hydrogen) atoms. The summed E-state index contributed by atoms with van der Waals surface area (Å²) in [5.41, 5.74) is 1.20. The Bertz CT molecular complexity index is 593. The van der Waals surface area contributed by atoms with Gasteiger partial charge in [-0.3, -0.25) is 9.59 Å². The fraction of sp³-hybridized carbons (Fsp3) is 0.600. The molecule has 0 bridgehead atoms. The van der Waals surface area contributed by atoms with E-state index < -0.39 is 0 Å². The fourth-order valence-corrected chi connectivity index (χ4v) is 2.76. The van der Waals surface area contributed by atoms with E-state index in [1.807, 2.05) is 0 Å². The van der Waals surface area contributed by atoms with E-state index in [9.17, 15) is 9.59 Å². The SMILES string of the molecule is CC(C)(C)CNC(=O)c1ccc(C(=O)NCCCN2CCNCC2)cc1.Cl. The highest BCUT2D eigenvalue weighted by atomic mass is 35.5. The predicted octanol–water partition coefficient (Wildman–Crippen LogP) is 1.91. The molecule has 6 nitrogen and oxygen atoms in total. The van der Waals surface area contributed by atoms with Crippen LogP contribution in [0.15, 0.2) is 24.3 Å². The van der Waals surface area contributed by atoms with Crippen molar-refractivity contribution in [2.45, 2.75) is 27.2 Å². The Morgan fingerprint density at radius 3 is 2.04 bits per heavy atom. The van der Waals surface area contributed by atoms with E-state index >= 15 is 0 Å². The van der Waals surface area contributed by atoms with Crippen LogP contribution in [0.5, 0.6) is 0 Å². The summed E-state index contributed by atoms with van der Waals surface area (Å²) in [5.74, 6) is -0.199. The minimum absolute atomic E-state index is 0. The molecule has 0 saturated carbocycles. The molecule has 0 unspecified atom stereocenters. The molecule has 2 amide bonds. The number of piperazine rings is 1. The second kappa shape index (κ2) is 11.3. The average molecular weight is 397 g/mol. The molecule has 1 aromatic rings. The summed E-state index contributed by atoms with van der Waals surface area (Å²) in [5, 5.41) is 9.20. The van der Waals surface area contributed by atoms with Crippen LogP contribution in [-0.4, -0.2) is 62.5 Å². The predicted molar refractivity (Wildman–Crippen MR) is 112 cm³/mol. The van der Waals surface area contributed by atoms with E-state index in [0.717, 1.165) is 39.1 Å². The molecule has 0 radical (unpaired) electrons. The third kappa shape index (κ3) is 8.73. The van der Waals surface area contributed by atoms with Gasteiger partial charge in [-0.25, -0.2) is 0 Å². The molecule has 1 aliphatic rings. The summed E-state index contributed by atoms with van der Waals surface area (Å²) in [6, 6.07) is 6.82. The highest BCUT2D eigenvalue weighted by molar-refractivity contribution is 5.97. The maximum absolute atomic E-state index is 12.2. The molecule has 1 fully saturated rings. The van der Waals surface area contributed by atoms with Gasteiger partial charge in [0, 0.05) is 50.4 Å². The summed E-state index contributed by atoms with van der Waals surface area (Å²) in [7, 11) is 0. The first-order valence-corrected chi connectivity index (χ1v) is 9.45. The van der Waals surface area contributed by atoms with Gasteiger partial charge in [-0.15, -0.1) is 12.4 Å². The quantitative estimate of drug-likeness (QED) is 0.615. The van der Waals surface area contributed by atoms with Gasteiger partial charge in [-0.05, 0) is 42.6 Å². The Morgan fingerprint density at radius 1 is 1.00 bits per heavy atom. The molecule has 1 aliphatic heterocycles. The standard InChI is InChI=1S/C20H32N4O2.ClH/c1-20(2,3)15-23-19(26)17-7-5-16(6-8-17)18(25)22-9-4-12-24-13-10-21-11-14-24;/h5-8,21H,4,9-15H2,1-3H3,(H,22,25)(H,23,26);1H. The van der Waals surface area contributed by atoms with Crippen LogP contribution in [0.25, 0.3) is 0 Å². The minimum Gasteiger partial charge on any atom is -0.352 e. The van der Waals surface area contributed by atoms with Gasteiger partial charge in [0.2, 0.25) is 0 Å². The molecule has 0 atom stereocenters. The van der Waals surface area contributed by atoms with Crippen molar-refractivity contribution in [3.63, 3.8) is 0 Å². The molecule has 0 spiro atoms. The number of carbonyl (C=O) groups excluding carboxylic acids is 2. The van der Waals surface area contributed by atoms with Gasteiger partial charge in [0.25, 0.3) is 11.8 Å². The number of amides is 2. The molecular formula is C20H33ClN4O2. The van der Waals surface area contributed by atoms with Crippen LogP contribution in [0.2, 0.25) is 0 Å². The zero-order valence-electron chi connectivity index (χ0n) is 16.6. The smallest absolute Gasteiger partial charge is 0.251 e. The van der Waals surface area contributed by atoms with Crippen molar-refractivity contribution in [2.75, 3.05) is 45.8 Å². The van der Waals surface area contributed by atoms with Crippen LogP contribution in [-0.2, 0) is 0 Å². The molecule has 3 N–H and O–H groups in total. The fourth-order valence-electron chi connectivity index (χ4n) is 2.76. The molecule has 7 heteroatoms. The molecule has 2 rings (SSSR count). The normalized spacial score (nSPS) is 14.9. The molecule has 0 aromatic heterocycles. The number of rotatable bonds is 7. The zero-order chi connectivity index (χ0) is 19.0. The molecule has 152 valence electrons. The van der Waals surface area contributed by atoms with Crippen LogP contribution in [0.1, 0.15) is 47.9 Å². The highest BCUT2D eigenvalue weighted by Crippen LogP contribution is 2.11. The second-order valence-electron chi connectivity index (χ2n) is 8.02. The van der Waals surface area contributed by atoms with E-state index in [1.165, 1.54) is 0 Å². The van der Waals surface area contributed by atoms with E-state index in [2.05, 4.69) is 41.6 Å². The van der Waals surface area contributed by atoms with Crippen LogP contribution in [0.3, 0.4) is 0 Å². The molecule has 1 aromatic carbocycles. The van der Waals surface area contributed by atoms with Crippen molar-refractivity contribution >= 4 is 24.2 Å². The van der Waals surface area contributed by atoms with Crippen LogP contribution in [0, 0.1) is 5.41 Å². The van der Waals surface area contributed by atoms with Crippen molar-refractivity contribution in [1.29, 1.82) is 0 Å². The van der Waals surface area contributed by atoms with Gasteiger partial charge in [0.15, 0.2) is 0 Å². The summed E-state index contributed by atoms with van der Waals surface area (Å²) in [6.07, 6.45) is 0.943. The Labute approximate surface area is 168 Å². The Hall–Kier alpha value is -1.63. The number of hydrogen-bond acceptors (Lipinski definition) is 4. The van der Waals surface area contributed by atoms with Gasteiger partial charge in [-0.1, -0.05) is 20.8 Å². The lowest BCUT2D eigenvalue weighted by molar-refractivity contribution is 0.0932. The first-order chi connectivity index (χ1) is 12.3. The van der Waals surface area contributed by atoms with Crippen LogP contribution < -0.4 is 16.0 Å². The molecular weight excluding hydrogens is 364 g/mol. The lowest BCUT2D eigenvalue weighted by Crippen LogP contribution is -2.44. The van der Waals surface area contributed by atoms with Gasteiger partial charge in [0.1, 0.15) is 0 Å². The second-order valence-corrected chi connectivity index (χ2v) is 8.02.